The van der Waals surface area contributed by atoms with Crippen molar-refractivity contribution < 1.29 is 19.4 Å². The van der Waals surface area contributed by atoms with Crippen LogP contribution in [0.15, 0.2) is 24.3 Å². The van der Waals surface area contributed by atoms with Gasteiger partial charge in [0.1, 0.15) is 5.75 Å². The molecule has 0 saturated heterocycles. The molecule has 0 atom stereocenters. The van der Waals surface area contributed by atoms with E-state index in [0.717, 1.165) is 25.7 Å². The highest BCUT2D eigenvalue weighted by Gasteiger charge is 2.35. The molecular formula is C16H22ClNO4. The second kappa shape index (κ2) is 8.36. The molecule has 1 aromatic rings. The molecule has 1 amide bonds. The normalized spacial score (nSPS) is 16.5. The highest BCUT2D eigenvalue weighted by molar-refractivity contribution is 6.30. The zero-order valence-corrected chi connectivity index (χ0v) is 13.3. The quantitative estimate of drug-likeness (QED) is 0.767. The van der Waals surface area contributed by atoms with E-state index in [9.17, 15) is 4.79 Å². The molecule has 122 valence electrons. The smallest absolute Gasteiger partial charge is 0.258 e. The van der Waals surface area contributed by atoms with Gasteiger partial charge >= 0.3 is 0 Å². The molecule has 0 spiro atoms. The average molecular weight is 328 g/mol. The summed E-state index contributed by atoms with van der Waals surface area (Å²) in [6.07, 6.45) is 3.99. The first-order valence-electron chi connectivity index (χ1n) is 7.53. The molecule has 0 aliphatic heterocycles. The van der Waals surface area contributed by atoms with E-state index in [1.165, 1.54) is 0 Å². The Hall–Kier alpha value is -1.30. The number of hydrogen-bond acceptors (Lipinski definition) is 4. The molecule has 0 aromatic heterocycles. The van der Waals surface area contributed by atoms with Crippen molar-refractivity contribution in [2.45, 2.75) is 31.3 Å². The fourth-order valence-corrected chi connectivity index (χ4v) is 2.77. The van der Waals surface area contributed by atoms with Crippen molar-refractivity contribution in [1.82, 2.24) is 5.32 Å². The van der Waals surface area contributed by atoms with Gasteiger partial charge in [-0.25, -0.2) is 0 Å². The van der Waals surface area contributed by atoms with Crippen LogP contribution >= 0.6 is 11.6 Å². The van der Waals surface area contributed by atoms with E-state index in [4.69, 9.17) is 26.2 Å². The summed E-state index contributed by atoms with van der Waals surface area (Å²) in [5.41, 5.74) is -0.335. The number of carbonyl (C=O) groups is 1. The van der Waals surface area contributed by atoms with Gasteiger partial charge in [0, 0.05) is 11.6 Å². The van der Waals surface area contributed by atoms with Crippen LogP contribution in [0, 0.1) is 0 Å². The van der Waals surface area contributed by atoms with Crippen LogP contribution in [-0.4, -0.2) is 43.0 Å². The molecular weight excluding hydrogens is 306 g/mol. The van der Waals surface area contributed by atoms with Crippen molar-refractivity contribution in [3.8, 4) is 5.75 Å². The predicted molar refractivity (Wildman–Crippen MR) is 84.2 cm³/mol. The Labute approximate surface area is 135 Å². The molecule has 2 N–H and O–H groups in total. The Balaban J connectivity index is 1.75. The first-order chi connectivity index (χ1) is 10.6. The molecule has 1 saturated carbocycles. The van der Waals surface area contributed by atoms with Gasteiger partial charge in [-0.2, -0.15) is 0 Å². The lowest BCUT2D eigenvalue weighted by molar-refractivity contribution is -0.125. The summed E-state index contributed by atoms with van der Waals surface area (Å²) in [5, 5.41) is 12.4. The Morgan fingerprint density at radius 2 is 1.95 bits per heavy atom. The maximum absolute atomic E-state index is 11.9. The molecule has 1 aliphatic carbocycles. The second-order valence-electron chi connectivity index (χ2n) is 5.48. The van der Waals surface area contributed by atoms with Crippen LogP contribution < -0.4 is 10.1 Å². The number of carbonyl (C=O) groups excluding carboxylic acids is 1. The van der Waals surface area contributed by atoms with Crippen LogP contribution in [0.25, 0.3) is 0 Å². The summed E-state index contributed by atoms with van der Waals surface area (Å²) in [5.74, 6) is 0.417. The Kier molecular flexibility index (Phi) is 6.49. The molecule has 2 rings (SSSR count). The lowest BCUT2D eigenvalue weighted by Gasteiger charge is -2.29. The van der Waals surface area contributed by atoms with Gasteiger partial charge in [0.15, 0.2) is 6.61 Å². The third-order valence-corrected chi connectivity index (χ3v) is 4.06. The highest BCUT2D eigenvalue weighted by Crippen LogP contribution is 2.32. The summed E-state index contributed by atoms with van der Waals surface area (Å²) in [4.78, 5) is 11.9. The monoisotopic (exact) mass is 327 g/mol. The third kappa shape index (κ3) is 5.16. The van der Waals surface area contributed by atoms with Crippen molar-refractivity contribution in [3.05, 3.63) is 29.3 Å². The number of halogens is 1. The van der Waals surface area contributed by atoms with Crippen LogP contribution in [-0.2, 0) is 9.53 Å². The third-order valence-electron chi connectivity index (χ3n) is 3.81. The minimum Gasteiger partial charge on any atom is -0.484 e. The number of aliphatic hydroxyl groups is 1. The van der Waals surface area contributed by atoms with Crippen molar-refractivity contribution in [2.24, 2.45) is 0 Å². The van der Waals surface area contributed by atoms with Crippen molar-refractivity contribution in [1.29, 1.82) is 0 Å². The van der Waals surface area contributed by atoms with E-state index in [0.29, 0.717) is 23.9 Å². The van der Waals surface area contributed by atoms with E-state index < -0.39 is 0 Å². The molecule has 0 bridgehead atoms. The van der Waals surface area contributed by atoms with Gasteiger partial charge in [-0.3, -0.25) is 4.79 Å². The fraction of sp³-hybridized carbons (Fsp3) is 0.562. The second-order valence-corrected chi connectivity index (χ2v) is 5.92. The Morgan fingerprint density at radius 1 is 1.27 bits per heavy atom. The molecule has 0 heterocycles. The summed E-state index contributed by atoms with van der Waals surface area (Å²) < 4.78 is 11.1. The van der Waals surface area contributed by atoms with Crippen molar-refractivity contribution >= 4 is 17.5 Å². The summed E-state index contributed by atoms with van der Waals surface area (Å²) in [6, 6.07) is 6.87. The van der Waals surface area contributed by atoms with Crippen LogP contribution in [0.4, 0.5) is 0 Å². The molecule has 5 nitrogen and oxygen atoms in total. The number of ether oxygens (including phenoxy) is 2. The van der Waals surface area contributed by atoms with E-state index in [2.05, 4.69) is 5.32 Å². The van der Waals surface area contributed by atoms with Gasteiger partial charge < -0.3 is 19.9 Å². The topological polar surface area (TPSA) is 67.8 Å². The summed E-state index contributed by atoms with van der Waals surface area (Å²) >= 11 is 5.79. The number of amides is 1. The van der Waals surface area contributed by atoms with Crippen molar-refractivity contribution in [3.63, 3.8) is 0 Å². The van der Waals surface area contributed by atoms with Crippen LogP contribution in [0.3, 0.4) is 0 Å². The molecule has 22 heavy (non-hydrogen) atoms. The number of aliphatic hydroxyl groups excluding tert-OH is 1. The molecule has 1 fully saturated rings. The van der Waals surface area contributed by atoms with Crippen LogP contribution in [0.1, 0.15) is 25.7 Å². The molecule has 1 aromatic carbocycles. The minimum atomic E-state index is -0.335. The maximum atomic E-state index is 11.9. The highest BCUT2D eigenvalue weighted by atomic mass is 35.5. The first kappa shape index (κ1) is 17.1. The number of rotatable bonds is 8. The molecule has 0 unspecified atom stereocenters. The van der Waals surface area contributed by atoms with Crippen LogP contribution in [0.5, 0.6) is 5.75 Å². The zero-order valence-electron chi connectivity index (χ0n) is 12.5. The molecule has 0 radical (unpaired) electrons. The molecule has 6 heteroatoms. The Morgan fingerprint density at radius 3 is 2.59 bits per heavy atom. The van der Waals surface area contributed by atoms with Gasteiger partial charge in [0.25, 0.3) is 5.91 Å². The SMILES string of the molecule is O=C(COc1ccc(Cl)cc1)NCC1(OCCO)CCCC1. The zero-order chi connectivity index (χ0) is 15.8. The first-order valence-corrected chi connectivity index (χ1v) is 7.91. The fourth-order valence-electron chi connectivity index (χ4n) is 2.64. The van der Waals surface area contributed by atoms with Crippen molar-refractivity contribution in [2.75, 3.05) is 26.4 Å². The standard InChI is InChI=1S/C16H22ClNO4/c17-13-3-5-14(6-4-13)21-11-15(20)18-12-16(22-10-9-19)7-1-2-8-16/h3-6,19H,1-2,7-12H2,(H,18,20). The lowest BCUT2D eigenvalue weighted by atomic mass is 10.0. The van der Waals surface area contributed by atoms with E-state index in [1.54, 1.807) is 24.3 Å². The number of nitrogens with one attached hydrogen (secondary N) is 1. The Bertz CT molecular complexity index is 472. The summed E-state index contributed by atoms with van der Waals surface area (Å²) in [6.45, 7) is 0.708. The van der Waals surface area contributed by atoms with Crippen LogP contribution in [0.2, 0.25) is 5.02 Å². The largest absolute Gasteiger partial charge is 0.484 e. The van der Waals surface area contributed by atoms with Gasteiger partial charge in [-0.15, -0.1) is 0 Å². The van der Waals surface area contributed by atoms with E-state index in [1.807, 2.05) is 0 Å². The maximum Gasteiger partial charge on any atom is 0.258 e. The van der Waals surface area contributed by atoms with Gasteiger partial charge in [0.2, 0.25) is 0 Å². The minimum absolute atomic E-state index is 0.00459. The van der Waals surface area contributed by atoms with E-state index >= 15 is 0 Å². The number of benzene rings is 1. The number of hydrogen-bond donors (Lipinski definition) is 2. The van der Waals surface area contributed by atoms with E-state index in [-0.39, 0.29) is 24.7 Å². The summed E-state index contributed by atoms with van der Waals surface area (Å²) in [7, 11) is 0. The predicted octanol–water partition coefficient (Wildman–Crippen LogP) is 2.16. The van der Waals surface area contributed by atoms with Gasteiger partial charge in [0.05, 0.1) is 18.8 Å². The lowest BCUT2D eigenvalue weighted by Crippen LogP contribution is -2.44. The average Bonchev–Trinajstić information content (AvgIpc) is 3.00. The van der Waals surface area contributed by atoms with Gasteiger partial charge in [-0.05, 0) is 37.1 Å². The molecule has 1 aliphatic rings. The van der Waals surface area contributed by atoms with Gasteiger partial charge in [-0.1, -0.05) is 24.4 Å².